The molecule has 6 nitrogen and oxygen atoms in total. The number of carboxylic acid groups (broad SMARTS) is 1. The van der Waals surface area contributed by atoms with Gasteiger partial charge >= 0.3 is 5.97 Å². The normalized spacial score (nSPS) is 22.2. The first-order chi connectivity index (χ1) is 14.0. The third-order valence-corrected chi connectivity index (χ3v) is 6.20. The Morgan fingerprint density at radius 2 is 2.03 bits per heavy atom. The van der Waals surface area contributed by atoms with E-state index in [0.717, 1.165) is 22.0 Å². The molecule has 0 amide bonds. The van der Waals surface area contributed by atoms with Gasteiger partial charge in [0.15, 0.2) is 0 Å². The molecular formula is C22H24N4O2S. The number of benzene rings is 1. The van der Waals surface area contributed by atoms with E-state index in [1.807, 2.05) is 30.3 Å². The minimum Gasteiger partial charge on any atom is -0.480 e. The molecule has 3 aromatic rings. The van der Waals surface area contributed by atoms with E-state index in [2.05, 4.69) is 34.1 Å². The Kier molecular flexibility index (Phi) is 5.69. The summed E-state index contributed by atoms with van der Waals surface area (Å²) >= 11 is 1.60. The number of aromatic nitrogens is 3. The molecule has 2 aromatic heterocycles. The van der Waals surface area contributed by atoms with Crippen molar-refractivity contribution in [3.8, 4) is 10.6 Å². The fraction of sp³-hybridized carbons (Fsp3) is 0.364. The second kappa shape index (κ2) is 8.39. The molecule has 29 heavy (non-hydrogen) atoms. The lowest BCUT2D eigenvalue weighted by Crippen LogP contribution is -2.39. The van der Waals surface area contributed by atoms with Crippen molar-refractivity contribution in [1.29, 1.82) is 0 Å². The zero-order valence-electron chi connectivity index (χ0n) is 16.5. The molecule has 0 saturated carbocycles. The minimum absolute atomic E-state index is 0.0609. The molecule has 1 aromatic carbocycles. The van der Waals surface area contributed by atoms with Gasteiger partial charge in [-0.25, -0.2) is 4.98 Å². The molecule has 0 spiro atoms. The Bertz CT molecular complexity index is 961. The van der Waals surface area contributed by atoms with Gasteiger partial charge in [0.05, 0.1) is 17.4 Å². The number of thiazole rings is 1. The number of aliphatic carboxylic acids is 1. The molecule has 3 atom stereocenters. The largest absolute Gasteiger partial charge is 0.480 e. The number of rotatable bonds is 6. The summed E-state index contributed by atoms with van der Waals surface area (Å²) in [4.78, 5) is 27.8. The number of carboxylic acids is 1. The van der Waals surface area contributed by atoms with E-state index in [-0.39, 0.29) is 12.0 Å². The van der Waals surface area contributed by atoms with Crippen molar-refractivity contribution in [3.63, 3.8) is 0 Å². The fourth-order valence-electron chi connectivity index (χ4n) is 4.13. The summed E-state index contributed by atoms with van der Waals surface area (Å²) < 4.78 is 0. The van der Waals surface area contributed by atoms with Crippen LogP contribution in [0.2, 0.25) is 0 Å². The highest BCUT2D eigenvalue weighted by Gasteiger charge is 2.47. The van der Waals surface area contributed by atoms with E-state index >= 15 is 0 Å². The molecule has 150 valence electrons. The van der Waals surface area contributed by atoms with Crippen LogP contribution in [-0.4, -0.2) is 43.5 Å². The molecule has 3 heterocycles. The zero-order valence-corrected chi connectivity index (χ0v) is 17.3. The summed E-state index contributed by atoms with van der Waals surface area (Å²) in [5.74, 6) is -0.512. The second-order valence-electron chi connectivity index (χ2n) is 7.81. The topological polar surface area (TPSA) is 79.2 Å². The van der Waals surface area contributed by atoms with Crippen molar-refractivity contribution >= 4 is 17.3 Å². The van der Waals surface area contributed by atoms with Crippen LogP contribution in [0.3, 0.4) is 0 Å². The first kappa shape index (κ1) is 19.7. The molecule has 3 unspecified atom stereocenters. The highest BCUT2D eigenvalue weighted by atomic mass is 32.1. The first-order valence-corrected chi connectivity index (χ1v) is 10.7. The summed E-state index contributed by atoms with van der Waals surface area (Å²) in [6, 6.07) is 9.38. The van der Waals surface area contributed by atoms with Crippen molar-refractivity contribution in [3.05, 3.63) is 65.7 Å². The van der Waals surface area contributed by atoms with E-state index in [9.17, 15) is 9.90 Å². The number of nitrogens with zero attached hydrogens (tertiary/aromatic N) is 4. The maximum atomic E-state index is 12.1. The molecule has 1 aliphatic rings. The average Bonchev–Trinajstić information content (AvgIpc) is 3.34. The minimum atomic E-state index is -0.791. The van der Waals surface area contributed by atoms with Crippen molar-refractivity contribution in [2.75, 3.05) is 6.54 Å². The maximum Gasteiger partial charge on any atom is 0.320 e. The number of carbonyl (C=O) groups is 1. The molecule has 0 aliphatic carbocycles. The molecule has 1 N–H and O–H groups in total. The van der Waals surface area contributed by atoms with Gasteiger partial charge in [0.2, 0.25) is 0 Å². The first-order valence-electron chi connectivity index (χ1n) is 9.80. The fourth-order valence-corrected chi connectivity index (χ4v) is 4.99. The molecular weight excluding hydrogens is 384 g/mol. The third-order valence-electron chi connectivity index (χ3n) is 5.29. The van der Waals surface area contributed by atoms with Gasteiger partial charge in [-0.05, 0) is 12.3 Å². The summed E-state index contributed by atoms with van der Waals surface area (Å²) in [7, 11) is 0. The van der Waals surface area contributed by atoms with E-state index in [0.29, 0.717) is 18.9 Å². The summed E-state index contributed by atoms with van der Waals surface area (Å²) in [5, 5.41) is 12.9. The third kappa shape index (κ3) is 4.06. The summed E-state index contributed by atoms with van der Waals surface area (Å²) in [6.45, 7) is 4.92. The summed E-state index contributed by atoms with van der Waals surface area (Å²) in [5.41, 5.74) is 2.81. The van der Waals surface area contributed by atoms with Crippen molar-refractivity contribution in [2.45, 2.75) is 38.3 Å². The van der Waals surface area contributed by atoms with Crippen LogP contribution in [0.4, 0.5) is 0 Å². The van der Waals surface area contributed by atoms with Crippen molar-refractivity contribution < 1.29 is 9.90 Å². The molecule has 0 radical (unpaired) electrons. The SMILES string of the molecule is CC(C)CN1C(C(=O)O)CC(c2cnccn2)C1c1csc(-c2ccccc2)n1. The quantitative estimate of drug-likeness (QED) is 0.657. The molecule has 1 saturated heterocycles. The molecule has 4 rings (SSSR count). The molecule has 0 bridgehead atoms. The van der Waals surface area contributed by atoms with Gasteiger partial charge in [-0.2, -0.15) is 0 Å². The van der Waals surface area contributed by atoms with Crippen LogP contribution < -0.4 is 0 Å². The van der Waals surface area contributed by atoms with Gasteiger partial charge in [0.1, 0.15) is 11.0 Å². The average molecular weight is 409 g/mol. The maximum absolute atomic E-state index is 12.1. The zero-order chi connectivity index (χ0) is 20.4. The van der Waals surface area contributed by atoms with Crippen LogP contribution in [0.15, 0.2) is 54.3 Å². The number of likely N-dealkylation sites (tertiary alicyclic amines) is 1. The van der Waals surface area contributed by atoms with Crippen molar-refractivity contribution in [1.82, 2.24) is 19.9 Å². The lowest BCUT2D eigenvalue weighted by atomic mass is 9.93. The van der Waals surface area contributed by atoms with E-state index in [1.165, 1.54) is 0 Å². The highest BCUT2D eigenvalue weighted by molar-refractivity contribution is 7.13. The van der Waals surface area contributed by atoms with Crippen LogP contribution in [0.5, 0.6) is 0 Å². The van der Waals surface area contributed by atoms with E-state index < -0.39 is 12.0 Å². The van der Waals surface area contributed by atoms with Gasteiger partial charge < -0.3 is 5.11 Å². The van der Waals surface area contributed by atoms with Crippen molar-refractivity contribution in [2.24, 2.45) is 5.92 Å². The predicted octanol–water partition coefficient (Wildman–Crippen LogP) is 4.24. The van der Waals surface area contributed by atoms with Crippen LogP contribution in [0, 0.1) is 5.92 Å². The predicted molar refractivity (Wildman–Crippen MR) is 113 cm³/mol. The number of hydrogen-bond donors (Lipinski definition) is 1. The highest BCUT2D eigenvalue weighted by Crippen LogP contribution is 2.47. The van der Waals surface area contributed by atoms with E-state index in [4.69, 9.17) is 4.98 Å². The number of hydrogen-bond acceptors (Lipinski definition) is 6. The van der Waals surface area contributed by atoms with Gasteiger partial charge in [-0.3, -0.25) is 19.7 Å². The van der Waals surface area contributed by atoms with Crippen LogP contribution in [-0.2, 0) is 4.79 Å². The Hall–Kier alpha value is -2.64. The standard InChI is InChI=1S/C22H24N4O2S/c1-14(2)12-26-19(22(27)28)10-16(17-11-23-8-9-24-17)20(26)18-13-29-21(25-18)15-6-4-3-5-7-15/h3-9,11,13-14,16,19-20H,10,12H2,1-2H3,(H,27,28). The van der Waals surface area contributed by atoms with Crippen LogP contribution in [0.25, 0.3) is 10.6 Å². The monoisotopic (exact) mass is 408 g/mol. The van der Waals surface area contributed by atoms with Gasteiger partial charge in [0, 0.05) is 42.0 Å². The second-order valence-corrected chi connectivity index (χ2v) is 8.66. The van der Waals surface area contributed by atoms with Gasteiger partial charge in [0.25, 0.3) is 0 Å². The molecule has 7 heteroatoms. The lowest BCUT2D eigenvalue weighted by Gasteiger charge is -2.30. The smallest absolute Gasteiger partial charge is 0.320 e. The molecule has 1 fully saturated rings. The van der Waals surface area contributed by atoms with Gasteiger partial charge in [-0.15, -0.1) is 11.3 Å². The molecule has 1 aliphatic heterocycles. The Morgan fingerprint density at radius 1 is 1.24 bits per heavy atom. The van der Waals surface area contributed by atoms with Crippen LogP contribution >= 0.6 is 11.3 Å². The Labute approximate surface area is 174 Å². The Balaban J connectivity index is 1.76. The van der Waals surface area contributed by atoms with Crippen LogP contribution in [0.1, 0.15) is 43.6 Å². The van der Waals surface area contributed by atoms with Gasteiger partial charge in [-0.1, -0.05) is 44.2 Å². The lowest BCUT2D eigenvalue weighted by molar-refractivity contribution is -0.142. The Morgan fingerprint density at radius 3 is 2.69 bits per heavy atom. The summed E-state index contributed by atoms with van der Waals surface area (Å²) in [6.07, 6.45) is 5.57. The van der Waals surface area contributed by atoms with E-state index in [1.54, 1.807) is 29.9 Å².